The van der Waals surface area contributed by atoms with Crippen LogP contribution in [0.2, 0.25) is 0 Å². The first-order valence-electron chi connectivity index (χ1n) is 6.34. The van der Waals surface area contributed by atoms with Crippen LogP contribution in [-0.2, 0) is 6.42 Å². The largest absolute Gasteiger partial charge is 0.337 e. The van der Waals surface area contributed by atoms with Crippen LogP contribution < -0.4 is 5.73 Å². The Hall–Kier alpha value is -1.06. The lowest BCUT2D eigenvalue weighted by atomic mass is 10.1. The first kappa shape index (κ1) is 15.0. The summed E-state index contributed by atoms with van der Waals surface area (Å²) in [5, 5.41) is 0. The monoisotopic (exact) mass is 268 g/mol. The molecule has 0 aliphatic carbocycles. The van der Waals surface area contributed by atoms with Gasteiger partial charge in [-0.15, -0.1) is 12.4 Å². The Kier molecular flexibility index (Phi) is 5.63. The summed E-state index contributed by atoms with van der Waals surface area (Å²) in [5.74, 6) is 0.112. The molecule has 0 unspecified atom stereocenters. The Morgan fingerprint density at radius 1 is 1.39 bits per heavy atom. The number of halogens is 1. The Morgan fingerprint density at radius 3 is 2.56 bits per heavy atom. The molecule has 1 aliphatic heterocycles. The van der Waals surface area contributed by atoms with Crippen molar-refractivity contribution < 1.29 is 4.79 Å². The van der Waals surface area contributed by atoms with Gasteiger partial charge in [0.1, 0.15) is 0 Å². The fraction of sp³-hybridized carbons (Fsp3) is 0.500. The molecule has 100 valence electrons. The van der Waals surface area contributed by atoms with Gasteiger partial charge >= 0.3 is 0 Å². The summed E-state index contributed by atoms with van der Waals surface area (Å²) in [6.07, 6.45) is 3.12. The van der Waals surface area contributed by atoms with Crippen molar-refractivity contribution in [2.24, 2.45) is 5.73 Å². The maximum Gasteiger partial charge on any atom is 0.253 e. The fourth-order valence-corrected chi connectivity index (χ4v) is 2.26. The molecule has 4 heteroatoms. The highest BCUT2D eigenvalue weighted by molar-refractivity contribution is 5.94. The van der Waals surface area contributed by atoms with Gasteiger partial charge in [-0.25, -0.2) is 0 Å². The number of hydrogen-bond donors (Lipinski definition) is 1. The molecule has 0 saturated carbocycles. The molecule has 1 aromatic carbocycles. The fourth-order valence-electron chi connectivity index (χ4n) is 2.26. The van der Waals surface area contributed by atoms with E-state index in [1.807, 2.05) is 29.2 Å². The SMILES string of the molecule is CCCc1ccc(C(=O)N2CC[C@@H](N)C2)cc1.Cl. The number of amides is 1. The highest BCUT2D eigenvalue weighted by atomic mass is 35.5. The van der Waals surface area contributed by atoms with Crippen LogP contribution in [0.1, 0.15) is 35.7 Å². The minimum atomic E-state index is 0. The molecule has 2 rings (SSSR count). The van der Waals surface area contributed by atoms with E-state index in [9.17, 15) is 4.79 Å². The molecule has 1 amide bonds. The van der Waals surface area contributed by atoms with Gasteiger partial charge in [0, 0.05) is 24.7 Å². The Morgan fingerprint density at radius 2 is 2.06 bits per heavy atom. The van der Waals surface area contributed by atoms with Gasteiger partial charge in [-0.2, -0.15) is 0 Å². The van der Waals surface area contributed by atoms with Gasteiger partial charge < -0.3 is 10.6 Å². The number of aryl methyl sites for hydroxylation is 1. The standard InChI is InChI=1S/C14H20N2O.ClH/c1-2-3-11-4-6-12(7-5-11)14(17)16-9-8-13(15)10-16;/h4-7,13H,2-3,8-10,15H2,1H3;1H/t13-;/m1./s1. The van der Waals surface area contributed by atoms with Gasteiger partial charge in [-0.3, -0.25) is 4.79 Å². The zero-order valence-electron chi connectivity index (χ0n) is 10.8. The van der Waals surface area contributed by atoms with Gasteiger partial charge in [0.15, 0.2) is 0 Å². The molecule has 18 heavy (non-hydrogen) atoms. The Balaban J connectivity index is 0.00000162. The third kappa shape index (κ3) is 3.47. The van der Waals surface area contributed by atoms with E-state index in [1.54, 1.807) is 0 Å². The van der Waals surface area contributed by atoms with Crippen LogP contribution in [0.25, 0.3) is 0 Å². The quantitative estimate of drug-likeness (QED) is 0.914. The molecule has 2 N–H and O–H groups in total. The van der Waals surface area contributed by atoms with E-state index < -0.39 is 0 Å². The van der Waals surface area contributed by atoms with Crippen LogP contribution in [0.15, 0.2) is 24.3 Å². The van der Waals surface area contributed by atoms with Crippen LogP contribution in [0.3, 0.4) is 0 Å². The van der Waals surface area contributed by atoms with Gasteiger partial charge in [0.2, 0.25) is 0 Å². The number of carbonyl (C=O) groups is 1. The summed E-state index contributed by atoms with van der Waals surface area (Å²) in [7, 11) is 0. The van der Waals surface area contributed by atoms with Crippen LogP contribution >= 0.6 is 12.4 Å². The molecule has 0 radical (unpaired) electrons. The van der Waals surface area contributed by atoms with E-state index in [1.165, 1.54) is 5.56 Å². The van der Waals surface area contributed by atoms with Gasteiger partial charge in [-0.05, 0) is 30.5 Å². The van der Waals surface area contributed by atoms with Gasteiger partial charge in [-0.1, -0.05) is 25.5 Å². The minimum absolute atomic E-state index is 0. The maximum atomic E-state index is 12.1. The number of likely N-dealkylation sites (tertiary alicyclic amines) is 1. The van der Waals surface area contributed by atoms with Crippen molar-refractivity contribution in [1.82, 2.24) is 4.90 Å². The third-order valence-electron chi connectivity index (χ3n) is 3.25. The predicted molar refractivity (Wildman–Crippen MR) is 76.2 cm³/mol. The van der Waals surface area contributed by atoms with Crippen LogP contribution in [0, 0.1) is 0 Å². The molecule has 3 nitrogen and oxygen atoms in total. The Labute approximate surface area is 115 Å². The maximum absolute atomic E-state index is 12.1. The molecule has 1 saturated heterocycles. The van der Waals surface area contributed by atoms with Crippen molar-refractivity contribution in [3.63, 3.8) is 0 Å². The van der Waals surface area contributed by atoms with E-state index in [0.717, 1.165) is 31.4 Å². The average molecular weight is 269 g/mol. The molecule has 0 spiro atoms. The highest BCUT2D eigenvalue weighted by Gasteiger charge is 2.24. The number of nitrogens with two attached hydrogens (primary N) is 1. The molecular weight excluding hydrogens is 248 g/mol. The number of hydrogen-bond acceptors (Lipinski definition) is 2. The van der Waals surface area contributed by atoms with Crippen LogP contribution in [-0.4, -0.2) is 29.9 Å². The predicted octanol–water partition coefficient (Wildman–Crippen LogP) is 2.23. The van der Waals surface area contributed by atoms with Crippen molar-refractivity contribution in [2.45, 2.75) is 32.2 Å². The molecule has 1 fully saturated rings. The molecule has 1 heterocycles. The van der Waals surface area contributed by atoms with Crippen molar-refractivity contribution >= 4 is 18.3 Å². The first-order chi connectivity index (χ1) is 8.20. The second kappa shape index (κ2) is 6.76. The van der Waals surface area contributed by atoms with E-state index in [-0.39, 0.29) is 24.4 Å². The van der Waals surface area contributed by atoms with E-state index in [0.29, 0.717) is 6.54 Å². The lowest BCUT2D eigenvalue weighted by Gasteiger charge is -2.15. The summed E-state index contributed by atoms with van der Waals surface area (Å²) >= 11 is 0. The summed E-state index contributed by atoms with van der Waals surface area (Å²) in [6.45, 7) is 3.64. The second-order valence-electron chi connectivity index (χ2n) is 4.75. The number of carbonyl (C=O) groups excluding carboxylic acids is 1. The molecule has 1 aliphatic rings. The Bertz CT molecular complexity index is 391. The number of benzene rings is 1. The molecule has 1 aromatic rings. The molecular formula is C14H21ClN2O. The van der Waals surface area contributed by atoms with E-state index in [4.69, 9.17) is 5.73 Å². The number of nitrogens with zero attached hydrogens (tertiary/aromatic N) is 1. The van der Waals surface area contributed by atoms with Crippen molar-refractivity contribution in [2.75, 3.05) is 13.1 Å². The van der Waals surface area contributed by atoms with Gasteiger partial charge in [0.05, 0.1) is 0 Å². The van der Waals surface area contributed by atoms with Crippen molar-refractivity contribution in [1.29, 1.82) is 0 Å². The summed E-state index contributed by atoms with van der Waals surface area (Å²) in [6, 6.07) is 8.10. The third-order valence-corrected chi connectivity index (χ3v) is 3.25. The topological polar surface area (TPSA) is 46.3 Å². The lowest BCUT2D eigenvalue weighted by molar-refractivity contribution is 0.0791. The zero-order chi connectivity index (χ0) is 12.3. The molecule has 0 bridgehead atoms. The van der Waals surface area contributed by atoms with Crippen molar-refractivity contribution in [3.05, 3.63) is 35.4 Å². The molecule has 0 aromatic heterocycles. The zero-order valence-corrected chi connectivity index (χ0v) is 11.6. The van der Waals surface area contributed by atoms with Crippen LogP contribution in [0.4, 0.5) is 0 Å². The average Bonchev–Trinajstić information content (AvgIpc) is 2.76. The normalized spacial score (nSPS) is 18.6. The molecule has 1 atom stereocenters. The van der Waals surface area contributed by atoms with Gasteiger partial charge in [0.25, 0.3) is 5.91 Å². The lowest BCUT2D eigenvalue weighted by Crippen LogP contribution is -2.31. The number of rotatable bonds is 3. The summed E-state index contributed by atoms with van der Waals surface area (Å²) < 4.78 is 0. The highest BCUT2D eigenvalue weighted by Crippen LogP contribution is 2.13. The smallest absolute Gasteiger partial charge is 0.253 e. The van der Waals surface area contributed by atoms with E-state index in [2.05, 4.69) is 6.92 Å². The first-order valence-corrected chi connectivity index (χ1v) is 6.34. The van der Waals surface area contributed by atoms with Crippen molar-refractivity contribution in [3.8, 4) is 0 Å². The second-order valence-corrected chi connectivity index (χ2v) is 4.75. The minimum Gasteiger partial charge on any atom is -0.337 e. The summed E-state index contributed by atoms with van der Waals surface area (Å²) in [5.41, 5.74) is 7.88. The van der Waals surface area contributed by atoms with E-state index >= 15 is 0 Å². The van der Waals surface area contributed by atoms with Crippen LogP contribution in [0.5, 0.6) is 0 Å². The summed E-state index contributed by atoms with van der Waals surface area (Å²) in [4.78, 5) is 14.0.